The minimum absolute atomic E-state index is 0.440. The van der Waals surface area contributed by atoms with Crippen molar-refractivity contribution >= 4 is 12.6 Å². The summed E-state index contributed by atoms with van der Waals surface area (Å²) in [4.78, 5) is 0. The highest BCUT2D eigenvalue weighted by molar-refractivity contribution is 6.58. The van der Waals surface area contributed by atoms with Gasteiger partial charge in [0.2, 0.25) is 0 Å². The summed E-state index contributed by atoms with van der Waals surface area (Å²) < 4.78 is 7.56. The van der Waals surface area contributed by atoms with Gasteiger partial charge >= 0.3 is 7.12 Å². The molecule has 0 radical (unpaired) electrons. The summed E-state index contributed by atoms with van der Waals surface area (Å²) >= 11 is 0. The molecule has 0 saturated carbocycles. The third-order valence-corrected chi connectivity index (χ3v) is 2.85. The van der Waals surface area contributed by atoms with E-state index >= 15 is 0 Å². The number of ether oxygens (including phenoxy) is 1. The fourth-order valence-corrected chi connectivity index (χ4v) is 1.88. The monoisotopic (exact) mass is 260 g/mol. The van der Waals surface area contributed by atoms with Crippen LogP contribution in [-0.2, 0) is 13.2 Å². The number of rotatable bonds is 5. The molecule has 0 spiro atoms. The molecule has 0 saturated heterocycles. The minimum atomic E-state index is -1.45. The number of hydrogen-bond donors (Lipinski definition) is 2. The lowest BCUT2D eigenvalue weighted by Crippen LogP contribution is -2.29. The SMILES string of the molecule is CCn1nc(C)cc1COc1ccc(B(O)O)cc1. The van der Waals surface area contributed by atoms with Crippen LogP contribution in [0.15, 0.2) is 30.3 Å². The molecule has 0 bridgehead atoms. The van der Waals surface area contributed by atoms with Crippen molar-refractivity contribution in [3.8, 4) is 5.75 Å². The lowest BCUT2D eigenvalue weighted by molar-refractivity contribution is 0.292. The van der Waals surface area contributed by atoms with Gasteiger partial charge in [0.1, 0.15) is 12.4 Å². The second kappa shape index (κ2) is 5.90. The zero-order chi connectivity index (χ0) is 13.8. The summed E-state index contributed by atoms with van der Waals surface area (Å²) in [5, 5.41) is 22.3. The van der Waals surface area contributed by atoms with E-state index in [2.05, 4.69) is 5.10 Å². The second-order valence-electron chi connectivity index (χ2n) is 4.32. The van der Waals surface area contributed by atoms with E-state index in [1.807, 2.05) is 24.6 Å². The van der Waals surface area contributed by atoms with Crippen molar-refractivity contribution in [1.82, 2.24) is 9.78 Å². The zero-order valence-corrected chi connectivity index (χ0v) is 11.1. The van der Waals surface area contributed by atoms with Gasteiger partial charge in [0.15, 0.2) is 0 Å². The van der Waals surface area contributed by atoms with Gasteiger partial charge in [0.25, 0.3) is 0 Å². The van der Waals surface area contributed by atoms with Gasteiger partial charge in [0, 0.05) is 6.54 Å². The molecule has 1 heterocycles. The number of aryl methyl sites for hydroxylation is 2. The van der Waals surface area contributed by atoms with Crippen LogP contribution in [0.3, 0.4) is 0 Å². The van der Waals surface area contributed by atoms with Crippen molar-refractivity contribution in [2.24, 2.45) is 0 Å². The summed E-state index contributed by atoms with van der Waals surface area (Å²) in [6.07, 6.45) is 0. The van der Waals surface area contributed by atoms with E-state index in [-0.39, 0.29) is 0 Å². The van der Waals surface area contributed by atoms with Gasteiger partial charge in [-0.1, -0.05) is 12.1 Å². The first-order valence-electron chi connectivity index (χ1n) is 6.22. The largest absolute Gasteiger partial charge is 0.488 e. The van der Waals surface area contributed by atoms with E-state index in [1.54, 1.807) is 24.3 Å². The first-order chi connectivity index (χ1) is 9.10. The summed E-state index contributed by atoms with van der Waals surface area (Å²) in [5.41, 5.74) is 2.44. The van der Waals surface area contributed by atoms with Crippen molar-refractivity contribution < 1.29 is 14.8 Å². The van der Waals surface area contributed by atoms with Crippen molar-refractivity contribution in [1.29, 1.82) is 0 Å². The van der Waals surface area contributed by atoms with Crippen molar-refractivity contribution in [3.05, 3.63) is 41.7 Å². The Hall–Kier alpha value is -1.79. The Labute approximate surface area is 112 Å². The standard InChI is InChI=1S/C13H17BN2O3/c1-3-16-12(8-10(2)15-16)9-19-13-6-4-11(5-7-13)14(17)18/h4-8,17-18H,3,9H2,1-2H3. The number of aromatic nitrogens is 2. The Bertz CT molecular complexity index is 537. The van der Waals surface area contributed by atoms with E-state index in [0.717, 1.165) is 17.9 Å². The van der Waals surface area contributed by atoms with Crippen molar-refractivity contribution in [2.75, 3.05) is 0 Å². The Morgan fingerprint density at radius 2 is 1.95 bits per heavy atom. The fourth-order valence-electron chi connectivity index (χ4n) is 1.88. The van der Waals surface area contributed by atoms with Gasteiger partial charge in [-0.05, 0) is 37.5 Å². The van der Waals surface area contributed by atoms with E-state index in [9.17, 15) is 0 Å². The Balaban J connectivity index is 2.01. The van der Waals surface area contributed by atoms with Crippen LogP contribution in [0.25, 0.3) is 0 Å². The van der Waals surface area contributed by atoms with Gasteiger partial charge in [-0.25, -0.2) is 0 Å². The summed E-state index contributed by atoms with van der Waals surface area (Å²) in [6, 6.07) is 8.68. The van der Waals surface area contributed by atoms with Gasteiger partial charge in [-0.2, -0.15) is 5.10 Å². The Morgan fingerprint density at radius 1 is 1.26 bits per heavy atom. The molecule has 1 aromatic heterocycles. The van der Waals surface area contributed by atoms with Crippen LogP contribution in [0, 0.1) is 6.92 Å². The number of hydrogen-bond acceptors (Lipinski definition) is 4. The van der Waals surface area contributed by atoms with E-state index in [4.69, 9.17) is 14.8 Å². The van der Waals surface area contributed by atoms with Crippen LogP contribution in [0.2, 0.25) is 0 Å². The van der Waals surface area contributed by atoms with E-state index < -0.39 is 7.12 Å². The maximum atomic E-state index is 9.00. The number of benzene rings is 1. The molecule has 100 valence electrons. The molecule has 0 amide bonds. The minimum Gasteiger partial charge on any atom is -0.487 e. The second-order valence-corrected chi connectivity index (χ2v) is 4.32. The molecule has 2 rings (SSSR count). The van der Waals surface area contributed by atoms with Crippen molar-refractivity contribution in [3.63, 3.8) is 0 Å². The summed E-state index contributed by atoms with van der Waals surface area (Å²) in [7, 11) is -1.45. The fraction of sp³-hybridized carbons (Fsp3) is 0.308. The highest BCUT2D eigenvalue weighted by Crippen LogP contribution is 2.12. The predicted molar refractivity (Wildman–Crippen MR) is 73.2 cm³/mol. The van der Waals surface area contributed by atoms with Crippen molar-refractivity contribution in [2.45, 2.75) is 27.0 Å². The third-order valence-electron chi connectivity index (χ3n) is 2.85. The molecule has 5 nitrogen and oxygen atoms in total. The first kappa shape index (κ1) is 13.6. The average Bonchev–Trinajstić information content (AvgIpc) is 2.77. The smallest absolute Gasteiger partial charge is 0.487 e. The molecule has 0 aliphatic heterocycles. The van der Waals surface area contributed by atoms with Crippen LogP contribution in [0.1, 0.15) is 18.3 Å². The van der Waals surface area contributed by atoms with Crippen LogP contribution in [0.4, 0.5) is 0 Å². The molecule has 2 aromatic rings. The highest BCUT2D eigenvalue weighted by Gasteiger charge is 2.10. The molecule has 0 fully saturated rings. The van der Waals surface area contributed by atoms with E-state index in [1.165, 1.54) is 0 Å². The summed E-state index contributed by atoms with van der Waals surface area (Å²) in [6.45, 7) is 5.23. The molecular weight excluding hydrogens is 243 g/mol. The molecular formula is C13H17BN2O3. The molecule has 19 heavy (non-hydrogen) atoms. The molecule has 2 N–H and O–H groups in total. The van der Waals surface area contributed by atoms with Gasteiger partial charge < -0.3 is 14.8 Å². The van der Waals surface area contributed by atoms with Gasteiger partial charge in [0.05, 0.1) is 11.4 Å². The van der Waals surface area contributed by atoms with Crippen LogP contribution in [-0.4, -0.2) is 26.9 Å². The Kier molecular flexibility index (Phi) is 4.24. The highest BCUT2D eigenvalue weighted by atomic mass is 16.5. The van der Waals surface area contributed by atoms with Crippen LogP contribution in [0.5, 0.6) is 5.75 Å². The lowest BCUT2D eigenvalue weighted by Gasteiger charge is -2.08. The van der Waals surface area contributed by atoms with Crippen LogP contribution >= 0.6 is 0 Å². The topological polar surface area (TPSA) is 67.5 Å². The molecule has 0 atom stereocenters. The molecule has 0 aliphatic rings. The zero-order valence-electron chi connectivity index (χ0n) is 11.1. The molecule has 0 aliphatic carbocycles. The molecule has 1 aromatic carbocycles. The van der Waals surface area contributed by atoms with Gasteiger partial charge in [-0.15, -0.1) is 0 Å². The van der Waals surface area contributed by atoms with Crippen LogP contribution < -0.4 is 10.2 Å². The maximum Gasteiger partial charge on any atom is 0.488 e. The summed E-state index contributed by atoms with van der Waals surface area (Å²) in [5.74, 6) is 0.686. The predicted octanol–water partition coefficient (Wildman–Crippen LogP) is 0.470. The first-order valence-corrected chi connectivity index (χ1v) is 6.22. The lowest BCUT2D eigenvalue weighted by atomic mass is 9.80. The Morgan fingerprint density at radius 3 is 2.53 bits per heavy atom. The average molecular weight is 260 g/mol. The maximum absolute atomic E-state index is 9.00. The molecule has 6 heteroatoms. The number of nitrogens with zero attached hydrogens (tertiary/aromatic N) is 2. The van der Waals surface area contributed by atoms with Gasteiger partial charge in [-0.3, -0.25) is 4.68 Å². The normalized spacial score (nSPS) is 10.5. The molecule has 0 unspecified atom stereocenters. The quantitative estimate of drug-likeness (QED) is 0.767. The third kappa shape index (κ3) is 3.36. The van der Waals surface area contributed by atoms with E-state index in [0.29, 0.717) is 17.8 Å².